The molecule has 2 unspecified atom stereocenters. The Morgan fingerprint density at radius 2 is 1.72 bits per heavy atom. The highest BCUT2D eigenvalue weighted by molar-refractivity contribution is 5.25. The van der Waals surface area contributed by atoms with Crippen LogP contribution >= 0.6 is 0 Å². The molecule has 0 heterocycles. The summed E-state index contributed by atoms with van der Waals surface area (Å²) in [7, 11) is 0. The van der Waals surface area contributed by atoms with Gasteiger partial charge in [0.25, 0.3) is 0 Å². The third-order valence-corrected chi connectivity index (χ3v) is 3.08. The fourth-order valence-electron chi connectivity index (χ4n) is 2.17. The molecule has 2 atom stereocenters. The topological polar surface area (TPSA) is 12.0 Å². The summed E-state index contributed by atoms with van der Waals surface area (Å²) in [6, 6.07) is 9.62. The monoisotopic (exact) mass is 243 g/mol. The van der Waals surface area contributed by atoms with Crippen LogP contribution in [0.2, 0.25) is 0 Å². The molecular weight excluding hydrogens is 218 g/mol. The summed E-state index contributed by atoms with van der Waals surface area (Å²) in [5.74, 6) is 3.40. The van der Waals surface area contributed by atoms with Crippen LogP contribution in [0.1, 0.15) is 51.3 Å². The molecule has 0 aliphatic heterocycles. The lowest BCUT2D eigenvalue weighted by atomic mass is 9.99. The largest absolute Gasteiger partial charge is 0.307 e. The van der Waals surface area contributed by atoms with Gasteiger partial charge in [-0.2, -0.15) is 0 Å². The highest BCUT2D eigenvalue weighted by Crippen LogP contribution is 2.16. The molecule has 1 N–H and O–H groups in total. The summed E-state index contributed by atoms with van der Waals surface area (Å²) in [5, 5.41) is 3.51. The Kier molecular flexibility index (Phi) is 5.95. The standard InChI is InChI=1S/C17H25N/c1-6-7-14(4)18-15(5)17-10-8-16(9-11-17)12-13(2)3/h1,8-11,13-15,18H,7,12H2,2-5H3. The van der Waals surface area contributed by atoms with Gasteiger partial charge in [-0.1, -0.05) is 38.1 Å². The van der Waals surface area contributed by atoms with E-state index in [1.165, 1.54) is 11.1 Å². The van der Waals surface area contributed by atoms with Crippen molar-refractivity contribution in [2.75, 3.05) is 0 Å². The second-order valence-electron chi connectivity index (χ2n) is 5.54. The highest BCUT2D eigenvalue weighted by atomic mass is 14.9. The van der Waals surface area contributed by atoms with Crippen LogP contribution in [0.3, 0.4) is 0 Å². The van der Waals surface area contributed by atoms with Crippen molar-refractivity contribution in [3.05, 3.63) is 35.4 Å². The summed E-state index contributed by atoms with van der Waals surface area (Å²) in [4.78, 5) is 0. The van der Waals surface area contributed by atoms with Gasteiger partial charge >= 0.3 is 0 Å². The number of nitrogens with one attached hydrogen (secondary N) is 1. The van der Waals surface area contributed by atoms with Gasteiger partial charge in [-0.3, -0.25) is 0 Å². The quantitative estimate of drug-likeness (QED) is 0.746. The van der Waals surface area contributed by atoms with Crippen molar-refractivity contribution in [3.63, 3.8) is 0 Å². The third-order valence-electron chi connectivity index (χ3n) is 3.08. The molecule has 1 heteroatoms. The molecule has 0 amide bonds. The minimum atomic E-state index is 0.349. The van der Waals surface area contributed by atoms with Gasteiger partial charge in [-0.05, 0) is 37.3 Å². The van der Waals surface area contributed by atoms with Crippen LogP contribution in [-0.2, 0) is 6.42 Å². The lowest BCUT2D eigenvalue weighted by Gasteiger charge is -2.19. The first-order valence-electron chi connectivity index (χ1n) is 6.81. The Hall–Kier alpha value is -1.26. The first kappa shape index (κ1) is 14.8. The molecule has 0 saturated heterocycles. The maximum absolute atomic E-state index is 5.32. The van der Waals surface area contributed by atoms with Gasteiger partial charge in [0, 0.05) is 18.5 Å². The number of hydrogen-bond donors (Lipinski definition) is 1. The lowest BCUT2D eigenvalue weighted by molar-refractivity contribution is 0.486. The van der Waals surface area contributed by atoms with E-state index in [0.717, 1.165) is 12.8 Å². The van der Waals surface area contributed by atoms with Gasteiger partial charge in [0.2, 0.25) is 0 Å². The zero-order valence-electron chi connectivity index (χ0n) is 12.0. The average molecular weight is 243 g/mol. The molecule has 0 aliphatic carbocycles. The van der Waals surface area contributed by atoms with Crippen molar-refractivity contribution in [1.29, 1.82) is 0 Å². The van der Waals surface area contributed by atoms with E-state index >= 15 is 0 Å². The number of rotatable bonds is 6. The van der Waals surface area contributed by atoms with Crippen LogP contribution in [-0.4, -0.2) is 6.04 Å². The first-order valence-corrected chi connectivity index (χ1v) is 6.81. The normalized spacial score (nSPS) is 14.2. The van der Waals surface area contributed by atoms with Gasteiger partial charge in [-0.25, -0.2) is 0 Å². The van der Waals surface area contributed by atoms with Gasteiger partial charge in [-0.15, -0.1) is 12.3 Å². The van der Waals surface area contributed by atoms with E-state index in [0.29, 0.717) is 18.0 Å². The van der Waals surface area contributed by atoms with E-state index in [4.69, 9.17) is 6.42 Å². The SMILES string of the molecule is C#CCC(C)NC(C)c1ccc(CC(C)C)cc1. The maximum atomic E-state index is 5.32. The predicted molar refractivity (Wildman–Crippen MR) is 79.4 cm³/mol. The van der Waals surface area contributed by atoms with Crippen molar-refractivity contribution < 1.29 is 0 Å². The maximum Gasteiger partial charge on any atom is 0.0294 e. The van der Waals surface area contributed by atoms with Crippen molar-refractivity contribution in [2.45, 2.75) is 52.6 Å². The van der Waals surface area contributed by atoms with Crippen LogP contribution in [0, 0.1) is 18.3 Å². The van der Waals surface area contributed by atoms with Crippen molar-refractivity contribution in [2.24, 2.45) is 5.92 Å². The van der Waals surface area contributed by atoms with E-state index in [2.05, 4.69) is 63.2 Å². The van der Waals surface area contributed by atoms with Crippen LogP contribution in [0.15, 0.2) is 24.3 Å². The molecule has 1 rings (SSSR count). The molecule has 98 valence electrons. The number of benzene rings is 1. The van der Waals surface area contributed by atoms with Crippen molar-refractivity contribution >= 4 is 0 Å². The molecule has 0 spiro atoms. The summed E-state index contributed by atoms with van der Waals surface area (Å²) >= 11 is 0. The number of terminal acetylenes is 1. The van der Waals surface area contributed by atoms with Crippen LogP contribution in [0.25, 0.3) is 0 Å². The van der Waals surface area contributed by atoms with E-state index < -0.39 is 0 Å². The molecule has 0 fully saturated rings. The summed E-state index contributed by atoms with van der Waals surface area (Å²) < 4.78 is 0. The van der Waals surface area contributed by atoms with Gasteiger partial charge in [0.15, 0.2) is 0 Å². The first-order chi connectivity index (χ1) is 8.52. The van der Waals surface area contributed by atoms with Crippen molar-refractivity contribution in [3.8, 4) is 12.3 Å². The van der Waals surface area contributed by atoms with Gasteiger partial charge in [0.05, 0.1) is 0 Å². The minimum absolute atomic E-state index is 0.349. The Labute approximate surface area is 112 Å². The molecule has 1 nitrogen and oxygen atoms in total. The smallest absolute Gasteiger partial charge is 0.0294 e. The molecule has 0 aromatic heterocycles. The fourth-order valence-corrected chi connectivity index (χ4v) is 2.17. The highest BCUT2D eigenvalue weighted by Gasteiger charge is 2.08. The number of hydrogen-bond acceptors (Lipinski definition) is 1. The van der Waals surface area contributed by atoms with E-state index in [1.807, 2.05) is 0 Å². The Bertz CT molecular complexity index is 383. The Balaban J connectivity index is 2.59. The van der Waals surface area contributed by atoms with E-state index in [9.17, 15) is 0 Å². The predicted octanol–water partition coefficient (Wildman–Crippen LogP) is 3.95. The Morgan fingerprint density at radius 1 is 1.11 bits per heavy atom. The minimum Gasteiger partial charge on any atom is -0.307 e. The van der Waals surface area contributed by atoms with Crippen LogP contribution in [0.4, 0.5) is 0 Å². The average Bonchev–Trinajstić information content (AvgIpc) is 2.29. The van der Waals surface area contributed by atoms with E-state index in [-0.39, 0.29) is 0 Å². The van der Waals surface area contributed by atoms with Gasteiger partial charge < -0.3 is 5.32 Å². The van der Waals surface area contributed by atoms with E-state index in [1.54, 1.807) is 0 Å². The van der Waals surface area contributed by atoms with Crippen LogP contribution < -0.4 is 5.32 Å². The zero-order chi connectivity index (χ0) is 13.5. The second-order valence-corrected chi connectivity index (χ2v) is 5.54. The second kappa shape index (κ2) is 7.24. The molecule has 0 radical (unpaired) electrons. The summed E-state index contributed by atoms with van der Waals surface area (Å²) in [6.45, 7) is 8.81. The molecule has 0 bridgehead atoms. The van der Waals surface area contributed by atoms with Crippen molar-refractivity contribution in [1.82, 2.24) is 5.32 Å². The molecule has 0 aliphatic rings. The molecule has 1 aromatic carbocycles. The zero-order valence-corrected chi connectivity index (χ0v) is 12.0. The Morgan fingerprint density at radius 3 is 2.22 bits per heavy atom. The summed E-state index contributed by atoms with van der Waals surface area (Å²) in [5.41, 5.74) is 2.74. The molecule has 0 saturated carbocycles. The fraction of sp³-hybridized carbons (Fsp3) is 0.529. The van der Waals surface area contributed by atoms with Crippen LogP contribution in [0.5, 0.6) is 0 Å². The molecule has 18 heavy (non-hydrogen) atoms. The molecule has 1 aromatic rings. The lowest BCUT2D eigenvalue weighted by Crippen LogP contribution is -2.28. The third kappa shape index (κ3) is 4.94. The van der Waals surface area contributed by atoms with Gasteiger partial charge in [0.1, 0.15) is 0 Å². The summed E-state index contributed by atoms with van der Waals surface area (Å²) in [6.07, 6.45) is 7.24. The molecular formula is C17H25N.